The topological polar surface area (TPSA) is 64.0 Å². The SMILES string of the molecule is Cc1c(CNS(=O)(=O)CC(C)CCl)cnn1C. The molecule has 0 spiro atoms. The molecule has 0 saturated carbocycles. The second-order valence-electron chi connectivity index (χ2n) is 4.24. The number of alkyl halides is 1. The molecule has 0 aliphatic heterocycles. The first-order chi connectivity index (χ1) is 7.85. The van der Waals surface area contributed by atoms with Crippen molar-refractivity contribution in [3.63, 3.8) is 0 Å². The van der Waals surface area contributed by atoms with E-state index in [9.17, 15) is 8.42 Å². The highest BCUT2D eigenvalue weighted by atomic mass is 35.5. The van der Waals surface area contributed by atoms with Crippen molar-refractivity contribution < 1.29 is 8.42 Å². The summed E-state index contributed by atoms with van der Waals surface area (Å²) < 4.78 is 27.7. The fourth-order valence-corrected chi connectivity index (χ4v) is 2.98. The van der Waals surface area contributed by atoms with E-state index < -0.39 is 10.0 Å². The molecular weight excluding hydrogens is 262 g/mol. The van der Waals surface area contributed by atoms with Gasteiger partial charge in [0.1, 0.15) is 0 Å². The van der Waals surface area contributed by atoms with Crippen molar-refractivity contribution in [1.82, 2.24) is 14.5 Å². The third-order valence-corrected chi connectivity index (χ3v) is 4.71. The second-order valence-corrected chi connectivity index (χ2v) is 6.40. The Bertz CT molecular complexity index is 470. The van der Waals surface area contributed by atoms with E-state index in [0.29, 0.717) is 5.88 Å². The van der Waals surface area contributed by atoms with Crippen LogP contribution >= 0.6 is 11.6 Å². The van der Waals surface area contributed by atoms with Gasteiger partial charge in [0, 0.05) is 30.7 Å². The molecule has 0 aliphatic rings. The Morgan fingerprint density at radius 2 is 2.24 bits per heavy atom. The van der Waals surface area contributed by atoms with Crippen molar-refractivity contribution in [2.75, 3.05) is 11.6 Å². The normalized spacial score (nSPS) is 13.9. The van der Waals surface area contributed by atoms with Crippen molar-refractivity contribution in [2.45, 2.75) is 20.4 Å². The molecule has 0 fully saturated rings. The summed E-state index contributed by atoms with van der Waals surface area (Å²) in [6.45, 7) is 3.98. The summed E-state index contributed by atoms with van der Waals surface area (Å²) in [6.07, 6.45) is 1.67. The average molecular weight is 280 g/mol. The molecule has 0 aromatic carbocycles. The summed E-state index contributed by atoms with van der Waals surface area (Å²) in [5.74, 6) is 0.340. The van der Waals surface area contributed by atoms with E-state index >= 15 is 0 Å². The highest BCUT2D eigenvalue weighted by molar-refractivity contribution is 7.89. The first kappa shape index (κ1) is 14.5. The zero-order valence-corrected chi connectivity index (χ0v) is 11.8. The van der Waals surface area contributed by atoms with Gasteiger partial charge in [0.05, 0.1) is 11.9 Å². The molecule has 1 heterocycles. The standard InChI is InChI=1S/C10H18ClN3O2S/c1-8(4-11)7-17(15,16)13-6-10-5-12-14(3)9(10)2/h5,8,13H,4,6-7H2,1-3H3. The van der Waals surface area contributed by atoms with Crippen LogP contribution in [0.1, 0.15) is 18.2 Å². The van der Waals surface area contributed by atoms with Gasteiger partial charge in [0.25, 0.3) is 0 Å². The second kappa shape index (κ2) is 5.84. The van der Waals surface area contributed by atoms with Gasteiger partial charge >= 0.3 is 0 Å². The first-order valence-electron chi connectivity index (χ1n) is 5.36. The highest BCUT2D eigenvalue weighted by Crippen LogP contribution is 2.07. The Balaban J connectivity index is 2.59. The number of nitrogens with zero attached hydrogens (tertiary/aromatic N) is 2. The summed E-state index contributed by atoms with van der Waals surface area (Å²) in [5.41, 5.74) is 1.84. The van der Waals surface area contributed by atoms with Crippen LogP contribution in [0.3, 0.4) is 0 Å². The van der Waals surface area contributed by atoms with E-state index in [1.54, 1.807) is 10.9 Å². The fraction of sp³-hybridized carbons (Fsp3) is 0.700. The van der Waals surface area contributed by atoms with Gasteiger partial charge in [-0.1, -0.05) is 6.92 Å². The van der Waals surface area contributed by atoms with E-state index in [4.69, 9.17) is 11.6 Å². The molecular formula is C10H18ClN3O2S. The molecule has 1 rings (SSSR count). The number of aromatic nitrogens is 2. The average Bonchev–Trinajstić information content (AvgIpc) is 2.56. The Hall–Kier alpha value is -0.590. The molecule has 17 heavy (non-hydrogen) atoms. The number of halogens is 1. The maximum Gasteiger partial charge on any atom is 0.212 e. The molecule has 7 heteroatoms. The van der Waals surface area contributed by atoms with Crippen molar-refractivity contribution in [2.24, 2.45) is 13.0 Å². The van der Waals surface area contributed by atoms with Crippen molar-refractivity contribution in [3.8, 4) is 0 Å². The van der Waals surface area contributed by atoms with Crippen LogP contribution in [0.5, 0.6) is 0 Å². The summed E-state index contributed by atoms with van der Waals surface area (Å²) >= 11 is 5.60. The van der Waals surface area contributed by atoms with Gasteiger partial charge in [-0.25, -0.2) is 13.1 Å². The molecule has 0 amide bonds. The quantitative estimate of drug-likeness (QED) is 0.791. The molecule has 1 unspecified atom stereocenters. The molecule has 1 atom stereocenters. The maximum atomic E-state index is 11.7. The van der Waals surface area contributed by atoms with Gasteiger partial charge in [-0.3, -0.25) is 4.68 Å². The first-order valence-corrected chi connectivity index (χ1v) is 7.55. The molecule has 1 aromatic heterocycles. The van der Waals surface area contributed by atoms with E-state index in [1.807, 2.05) is 20.9 Å². The van der Waals surface area contributed by atoms with E-state index in [0.717, 1.165) is 11.3 Å². The van der Waals surface area contributed by atoms with Crippen LogP contribution in [0.2, 0.25) is 0 Å². The number of aryl methyl sites for hydroxylation is 1. The van der Waals surface area contributed by atoms with Crippen molar-refractivity contribution in [1.29, 1.82) is 0 Å². The van der Waals surface area contributed by atoms with Crippen LogP contribution < -0.4 is 4.72 Å². The largest absolute Gasteiger partial charge is 0.273 e. The minimum atomic E-state index is -3.27. The van der Waals surface area contributed by atoms with Crippen molar-refractivity contribution >= 4 is 21.6 Å². The number of hydrogen-bond acceptors (Lipinski definition) is 3. The summed E-state index contributed by atoms with van der Waals surface area (Å²) in [7, 11) is -1.45. The minimum Gasteiger partial charge on any atom is -0.273 e. The van der Waals surface area contributed by atoms with Crippen LogP contribution in [-0.4, -0.2) is 29.8 Å². The van der Waals surface area contributed by atoms with Crippen LogP contribution in [0, 0.1) is 12.8 Å². The predicted molar refractivity (Wildman–Crippen MR) is 68.5 cm³/mol. The van der Waals surface area contributed by atoms with Gasteiger partial charge in [-0.2, -0.15) is 5.10 Å². The van der Waals surface area contributed by atoms with Crippen LogP contribution in [-0.2, 0) is 23.6 Å². The van der Waals surface area contributed by atoms with Gasteiger partial charge in [-0.05, 0) is 12.8 Å². The number of sulfonamides is 1. The number of nitrogens with one attached hydrogen (secondary N) is 1. The van der Waals surface area contributed by atoms with Crippen LogP contribution in [0.25, 0.3) is 0 Å². The molecule has 0 aliphatic carbocycles. The molecule has 0 radical (unpaired) electrons. The molecule has 1 N–H and O–H groups in total. The van der Waals surface area contributed by atoms with Crippen molar-refractivity contribution in [3.05, 3.63) is 17.5 Å². The third kappa shape index (κ3) is 4.29. The maximum absolute atomic E-state index is 11.7. The zero-order chi connectivity index (χ0) is 13.1. The third-order valence-electron chi connectivity index (χ3n) is 2.59. The van der Waals surface area contributed by atoms with Gasteiger partial charge in [0.15, 0.2) is 0 Å². The van der Waals surface area contributed by atoms with Gasteiger partial charge in [-0.15, -0.1) is 11.6 Å². The Kier molecular flexibility index (Phi) is 4.97. The van der Waals surface area contributed by atoms with Crippen LogP contribution in [0.15, 0.2) is 6.20 Å². The monoisotopic (exact) mass is 279 g/mol. The van der Waals surface area contributed by atoms with Crippen LogP contribution in [0.4, 0.5) is 0 Å². The Morgan fingerprint density at radius 3 is 2.71 bits per heavy atom. The lowest BCUT2D eigenvalue weighted by Gasteiger charge is -2.09. The summed E-state index contributed by atoms with van der Waals surface area (Å²) in [4.78, 5) is 0. The zero-order valence-electron chi connectivity index (χ0n) is 10.3. The molecule has 5 nitrogen and oxygen atoms in total. The smallest absolute Gasteiger partial charge is 0.212 e. The molecule has 1 aromatic rings. The Morgan fingerprint density at radius 1 is 1.59 bits per heavy atom. The Labute approximate surface area is 107 Å². The van der Waals surface area contributed by atoms with Gasteiger partial charge < -0.3 is 0 Å². The summed E-state index contributed by atoms with van der Waals surface area (Å²) in [5, 5.41) is 4.05. The number of hydrogen-bond donors (Lipinski definition) is 1. The van der Waals surface area contributed by atoms with E-state index in [2.05, 4.69) is 9.82 Å². The van der Waals surface area contributed by atoms with Gasteiger partial charge in [0.2, 0.25) is 10.0 Å². The molecule has 98 valence electrons. The highest BCUT2D eigenvalue weighted by Gasteiger charge is 2.15. The lowest BCUT2D eigenvalue weighted by molar-refractivity contribution is 0.568. The summed E-state index contributed by atoms with van der Waals surface area (Å²) in [6, 6.07) is 0. The lowest BCUT2D eigenvalue weighted by Crippen LogP contribution is -2.29. The van der Waals surface area contributed by atoms with E-state index in [-0.39, 0.29) is 18.2 Å². The fourth-order valence-electron chi connectivity index (χ4n) is 1.38. The molecule has 0 saturated heterocycles. The predicted octanol–water partition coefficient (Wildman–Crippen LogP) is 1.02. The van der Waals surface area contributed by atoms with E-state index in [1.165, 1.54) is 0 Å². The number of rotatable bonds is 6. The lowest BCUT2D eigenvalue weighted by atomic mass is 10.3. The minimum absolute atomic E-state index is 0.0514. The molecule has 0 bridgehead atoms.